The summed E-state index contributed by atoms with van der Waals surface area (Å²) < 4.78 is 0. The van der Waals surface area contributed by atoms with Crippen LogP contribution in [0.15, 0.2) is 53.6 Å². The second-order valence-corrected chi connectivity index (χ2v) is 3.54. The molecule has 70 valence electrons. The van der Waals surface area contributed by atoms with E-state index in [1.165, 1.54) is 0 Å². The van der Waals surface area contributed by atoms with Gasteiger partial charge in [0.05, 0.1) is 5.69 Å². The molecule has 0 aromatic heterocycles. The van der Waals surface area contributed by atoms with Crippen LogP contribution in [0.2, 0.25) is 5.02 Å². The third-order valence-electron chi connectivity index (χ3n) is 1.98. The Balaban J connectivity index is 2.10. The Hall–Kier alpha value is -1.34. The van der Waals surface area contributed by atoms with Gasteiger partial charge in [-0.1, -0.05) is 42.0 Å². The molecule has 0 fully saturated rings. The molecule has 0 spiro atoms. The Morgan fingerprint density at radius 3 is 2.71 bits per heavy atom. The molecule has 1 aromatic carbocycles. The Kier molecular flexibility index (Phi) is 2.80. The van der Waals surface area contributed by atoms with Gasteiger partial charge >= 0.3 is 0 Å². The molecule has 1 aliphatic rings. The largest absolute Gasteiger partial charge is 0.260 e. The highest BCUT2D eigenvalue weighted by Gasteiger charge is 1.98. The van der Waals surface area contributed by atoms with E-state index in [9.17, 15) is 0 Å². The first-order chi connectivity index (χ1) is 6.84. The summed E-state index contributed by atoms with van der Waals surface area (Å²) in [5.41, 5.74) is 0.895. The van der Waals surface area contributed by atoms with Crippen molar-refractivity contribution in [2.45, 2.75) is 0 Å². The Labute approximate surface area is 88.4 Å². The van der Waals surface area contributed by atoms with E-state index in [1.807, 2.05) is 42.6 Å². The summed E-state index contributed by atoms with van der Waals surface area (Å²) in [5.74, 6) is 0.328. The summed E-state index contributed by atoms with van der Waals surface area (Å²) in [4.78, 5) is 4.34. The van der Waals surface area contributed by atoms with E-state index >= 15 is 0 Å². The van der Waals surface area contributed by atoms with Crippen LogP contribution in [0.1, 0.15) is 0 Å². The van der Waals surface area contributed by atoms with Crippen LogP contribution in [-0.4, -0.2) is 6.21 Å². The third-order valence-corrected chi connectivity index (χ3v) is 2.22. The van der Waals surface area contributed by atoms with Gasteiger partial charge in [-0.25, -0.2) is 0 Å². The van der Waals surface area contributed by atoms with Crippen LogP contribution < -0.4 is 0 Å². The number of allylic oxidation sites excluding steroid dienone is 4. The van der Waals surface area contributed by atoms with Gasteiger partial charge in [-0.2, -0.15) is 0 Å². The molecule has 1 aromatic rings. The average molecular weight is 204 g/mol. The second-order valence-electron chi connectivity index (χ2n) is 3.11. The summed E-state index contributed by atoms with van der Waals surface area (Å²) in [6.45, 7) is 0. The SMILES string of the molecule is Clc1cccc(N=CC2C=CC=C2)c1. The predicted octanol–water partition coefficient (Wildman–Crippen LogP) is 3.78. The minimum Gasteiger partial charge on any atom is -0.260 e. The van der Waals surface area contributed by atoms with Crippen LogP contribution >= 0.6 is 11.6 Å². The van der Waals surface area contributed by atoms with Gasteiger partial charge in [0.15, 0.2) is 0 Å². The van der Waals surface area contributed by atoms with E-state index < -0.39 is 0 Å². The van der Waals surface area contributed by atoms with E-state index in [-0.39, 0.29) is 0 Å². The lowest BCUT2D eigenvalue weighted by atomic mass is 10.2. The van der Waals surface area contributed by atoms with Crippen molar-refractivity contribution in [1.82, 2.24) is 0 Å². The minimum atomic E-state index is 0.328. The molecular weight excluding hydrogens is 194 g/mol. The molecule has 0 atom stereocenters. The highest BCUT2D eigenvalue weighted by atomic mass is 35.5. The van der Waals surface area contributed by atoms with Crippen LogP contribution in [0.5, 0.6) is 0 Å². The summed E-state index contributed by atoms with van der Waals surface area (Å²) in [6.07, 6.45) is 10.1. The van der Waals surface area contributed by atoms with E-state index in [0.717, 1.165) is 10.7 Å². The number of rotatable bonds is 2. The van der Waals surface area contributed by atoms with Gasteiger partial charge in [0.25, 0.3) is 0 Å². The monoisotopic (exact) mass is 203 g/mol. The number of hydrogen-bond acceptors (Lipinski definition) is 1. The molecule has 1 nitrogen and oxygen atoms in total. The van der Waals surface area contributed by atoms with Crippen molar-refractivity contribution in [3.8, 4) is 0 Å². The molecule has 0 unspecified atom stereocenters. The number of halogens is 1. The molecule has 0 saturated heterocycles. The molecule has 0 radical (unpaired) electrons. The lowest BCUT2D eigenvalue weighted by molar-refractivity contribution is 1.19. The van der Waals surface area contributed by atoms with Crippen molar-refractivity contribution in [1.29, 1.82) is 0 Å². The van der Waals surface area contributed by atoms with Gasteiger partial charge in [-0.15, -0.1) is 0 Å². The number of aliphatic imine (C=N–C) groups is 1. The van der Waals surface area contributed by atoms with Crippen molar-refractivity contribution >= 4 is 23.5 Å². The van der Waals surface area contributed by atoms with Gasteiger partial charge in [-0.05, 0) is 18.2 Å². The normalized spacial score (nSPS) is 15.8. The summed E-state index contributed by atoms with van der Waals surface area (Å²) in [5, 5.41) is 0.720. The van der Waals surface area contributed by atoms with Gasteiger partial charge in [-0.3, -0.25) is 4.99 Å². The summed E-state index contributed by atoms with van der Waals surface area (Å²) >= 11 is 5.84. The average Bonchev–Trinajstić information content (AvgIpc) is 2.67. The Morgan fingerprint density at radius 2 is 2.00 bits per heavy atom. The van der Waals surface area contributed by atoms with Crippen molar-refractivity contribution in [3.05, 3.63) is 53.6 Å². The fourth-order valence-corrected chi connectivity index (χ4v) is 1.46. The van der Waals surface area contributed by atoms with E-state index in [4.69, 9.17) is 11.6 Å². The topological polar surface area (TPSA) is 12.4 Å². The highest BCUT2D eigenvalue weighted by Crippen LogP contribution is 2.18. The fraction of sp³-hybridized carbons (Fsp3) is 0.0833. The van der Waals surface area contributed by atoms with Gasteiger partial charge < -0.3 is 0 Å². The molecule has 0 bridgehead atoms. The maximum Gasteiger partial charge on any atom is 0.0640 e. The Bertz CT molecular complexity index is 393. The van der Waals surface area contributed by atoms with E-state index in [1.54, 1.807) is 0 Å². The number of nitrogens with zero attached hydrogens (tertiary/aromatic N) is 1. The van der Waals surface area contributed by atoms with Crippen molar-refractivity contribution in [3.63, 3.8) is 0 Å². The molecule has 2 heteroatoms. The summed E-state index contributed by atoms with van der Waals surface area (Å²) in [7, 11) is 0. The van der Waals surface area contributed by atoms with Gasteiger partial charge in [0.1, 0.15) is 0 Å². The first-order valence-electron chi connectivity index (χ1n) is 4.49. The maximum atomic E-state index is 5.84. The third kappa shape index (κ3) is 2.33. The van der Waals surface area contributed by atoms with Crippen LogP contribution in [0.4, 0.5) is 5.69 Å². The molecule has 0 amide bonds. The Morgan fingerprint density at radius 1 is 1.21 bits per heavy atom. The van der Waals surface area contributed by atoms with E-state index in [0.29, 0.717) is 5.92 Å². The molecule has 1 aliphatic carbocycles. The standard InChI is InChI=1S/C12H10ClN/c13-11-6-3-7-12(8-11)14-9-10-4-1-2-5-10/h1-10H. The van der Waals surface area contributed by atoms with Gasteiger partial charge in [0, 0.05) is 17.2 Å². The second kappa shape index (κ2) is 4.25. The molecule has 0 N–H and O–H groups in total. The highest BCUT2D eigenvalue weighted by molar-refractivity contribution is 6.30. The van der Waals surface area contributed by atoms with Crippen LogP contribution in [0, 0.1) is 5.92 Å². The zero-order valence-electron chi connectivity index (χ0n) is 7.60. The van der Waals surface area contributed by atoms with Crippen molar-refractivity contribution < 1.29 is 0 Å². The first-order valence-corrected chi connectivity index (χ1v) is 4.87. The molecule has 0 heterocycles. The maximum absolute atomic E-state index is 5.84. The molecule has 14 heavy (non-hydrogen) atoms. The smallest absolute Gasteiger partial charge is 0.0640 e. The van der Waals surface area contributed by atoms with Gasteiger partial charge in [0.2, 0.25) is 0 Å². The lowest BCUT2D eigenvalue weighted by Crippen LogP contribution is -1.88. The van der Waals surface area contributed by atoms with Crippen LogP contribution in [-0.2, 0) is 0 Å². The van der Waals surface area contributed by atoms with Crippen LogP contribution in [0.3, 0.4) is 0 Å². The molecule has 2 rings (SSSR count). The first kappa shape index (κ1) is 9.22. The zero-order chi connectivity index (χ0) is 9.80. The minimum absolute atomic E-state index is 0.328. The molecular formula is C12H10ClN. The van der Waals surface area contributed by atoms with Crippen molar-refractivity contribution in [2.75, 3.05) is 0 Å². The molecule has 0 aliphatic heterocycles. The summed E-state index contributed by atoms with van der Waals surface area (Å²) in [6, 6.07) is 7.52. The lowest BCUT2D eigenvalue weighted by Gasteiger charge is -1.96. The quantitative estimate of drug-likeness (QED) is 0.649. The van der Waals surface area contributed by atoms with Crippen LogP contribution in [0.25, 0.3) is 0 Å². The van der Waals surface area contributed by atoms with Crippen molar-refractivity contribution in [2.24, 2.45) is 10.9 Å². The number of benzene rings is 1. The molecule has 0 saturated carbocycles. The van der Waals surface area contributed by atoms with E-state index in [2.05, 4.69) is 17.1 Å². The fourth-order valence-electron chi connectivity index (χ4n) is 1.28. The predicted molar refractivity (Wildman–Crippen MR) is 61.4 cm³/mol. The number of hydrogen-bond donors (Lipinski definition) is 0. The zero-order valence-corrected chi connectivity index (χ0v) is 8.35.